The minimum Gasteiger partial charge on any atom is -0.443 e. The minimum atomic E-state index is -0.0816. The van der Waals surface area contributed by atoms with Gasteiger partial charge in [0.15, 0.2) is 11.7 Å². The van der Waals surface area contributed by atoms with E-state index < -0.39 is 0 Å². The smallest absolute Gasteiger partial charge is 0.191 e. The summed E-state index contributed by atoms with van der Waals surface area (Å²) >= 11 is 3.23. The summed E-state index contributed by atoms with van der Waals surface area (Å²) < 4.78 is 5.06. The molecule has 0 fully saturated rings. The molecule has 4 heteroatoms. The summed E-state index contributed by atoms with van der Waals surface area (Å²) in [6.07, 6.45) is 0. The van der Waals surface area contributed by atoms with Gasteiger partial charge >= 0.3 is 0 Å². The maximum Gasteiger partial charge on any atom is 0.191 e. The van der Waals surface area contributed by atoms with Crippen LogP contribution in [-0.2, 0) is 11.9 Å². The Morgan fingerprint density at radius 3 is 2.80 bits per heavy atom. The van der Waals surface area contributed by atoms with E-state index in [4.69, 9.17) is 9.52 Å². The predicted molar refractivity (Wildman–Crippen MR) is 39.8 cm³/mol. The van der Waals surface area contributed by atoms with Crippen LogP contribution in [0.2, 0.25) is 0 Å². The number of aliphatic hydroxyl groups excluding tert-OH is 1. The topological polar surface area (TPSA) is 46.3 Å². The molecule has 1 rings (SSSR count). The van der Waals surface area contributed by atoms with Crippen molar-refractivity contribution in [2.75, 3.05) is 0 Å². The first-order valence-corrected chi connectivity index (χ1v) is 4.02. The molecule has 1 aromatic heterocycles. The molecule has 1 N–H and O–H groups in total. The standard InChI is InChI=1S/C6H8BrNO2/c1-4-8-5(2-7)6(3-9)10-4/h9H,2-3H2,1H3. The van der Waals surface area contributed by atoms with Crippen molar-refractivity contribution in [1.29, 1.82) is 0 Å². The monoisotopic (exact) mass is 205 g/mol. The molecule has 0 amide bonds. The lowest BCUT2D eigenvalue weighted by atomic mass is 10.4. The molecule has 0 saturated heterocycles. The summed E-state index contributed by atoms with van der Waals surface area (Å²) in [6, 6.07) is 0. The Morgan fingerprint density at radius 1 is 1.70 bits per heavy atom. The second kappa shape index (κ2) is 3.16. The molecule has 0 unspecified atom stereocenters. The fourth-order valence-corrected chi connectivity index (χ4v) is 1.18. The van der Waals surface area contributed by atoms with Crippen LogP contribution in [-0.4, -0.2) is 10.1 Å². The summed E-state index contributed by atoms with van der Waals surface area (Å²) in [5.41, 5.74) is 0.778. The average Bonchev–Trinajstić information content (AvgIpc) is 2.30. The third-order valence-electron chi connectivity index (χ3n) is 1.16. The average molecular weight is 206 g/mol. The predicted octanol–water partition coefficient (Wildman–Crippen LogP) is 1.37. The lowest BCUT2D eigenvalue weighted by Gasteiger charge is -1.88. The number of rotatable bonds is 2. The molecule has 3 nitrogen and oxygen atoms in total. The molecule has 0 spiro atoms. The van der Waals surface area contributed by atoms with Crippen LogP contribution in [0, 0.1) is 6.92 Å². The molecule has 0 saturated carbocycles. The van der Waals surface area contributed by atoms with Gasteiger partial charge in [-0.05, 0) is 0 Å². The van der Waals surface area contributed by atoms with Crippen molar-refractivity contribution >= 4 is 15.9 Å². The van der Waals surface area contributed by atoms with Gasteiger partial charge in [0, 0.05) is 12.3 Å². The van der Waals surface area contributed by atoms with Crippen molar-refractivity contribution in [3.8, 4) is 0 Å². The first-order valence-electron chi connectivity index (χ1n) is 2.90. The van der Waals surface area contributed by atoms with E-state index in [2.05, 4.69) is 20.9 Å². The van der Waals surface area contributed by atoms with Crippen molar-refractivity contribution in [3.63, 3.8) is 0 Å². The number of alkyl halides is 1. The number of halogens is 1. The molecular formula is C6H8BrNO2. The number of aromatic nitrogens is 1. The van der Waals surface area contributed by atoms with Crippen molar-refractivity contribution in [1.82, 2.24) is 4.98 Å². The van der Waals surface area contributed by atoms with Crippen LogP contribution in [0.1, 0.15) is 17.3 Å². The highest BCUT2D eigenvalue weighted by atomic mass is 79.9. The van der Waals surface area contributed by atoms with Crippen LogP contribution in [0.15, 0.2) is 4.42 Å². The van der Waals surface area contributed by atoms with Gasteiger partial charge in [-0.1, -0.05) is 15.9 Å². The SMILES string of the molecule is Cc1nc(CBr)c(CO)o1. The van der Waals surface area contributed by atoms with E-state index in [0.717, 1.165) is 5.69 Å². The van der Waals surface area contributed by atoms with E-state index in [1.807, 2.05) is 0 Å². The van der Waals surface area contributed by atoms with Crippen LogP contribution < -0.4 is 0 Å². The first-order chi connectivity index (χ1) is 4.77. The molecule has 0 bridgehead atoms. The Kier molecular flexibility index (Phi) is 2.45. The summed E-state index contributed by atoms with van der Waals surface area (Å²) in [5.74, 6) is 1.15. The lowest BCUT2D eigenvalue weighted by molar-refractivity contribution is 0.243. The molecule has 0 aliphatic rings. The first kappa shape index (κ1) is 7.75. The van der Waals surface area contributed by atoms with Gasteiger partial charge in [-0.15, -0.1) is 0 Å². The molecule has 0 radical (unpaired) electrons. The highest BCUT2D eigenvalue weighted by molar-refractivity contribution is 9.08. The van der Waals surface area contributed by atoms with Crippen LogP contribution >= 0.6 is 15.9 Å². The third-order valence-corrected chi connectivity index (χ3v) is 1.69. The Morgan fingerprint density at radius 2 is 2.40 bits per heavy atom. The Balaban J connectivity index is 2.96. The van der Waals surface area contributed by atoms with Gasteiger partial charge in [-0.3, -0.25) is 0 Å². The third kappa shape index (κ3) is 1.38. The van der Waals surface area contributed by atoms with E-state index in [9.17, 15) is 0 Å². The molecule has 1 aromatic rings. The number of hydrogen-bond acceptors (Lipinski definition) is 3. The molecule has 0 aromatic carbocycles. The summed E-state index contributed by atoms with van der Waals surface area (Å²) in [7, 11) is 0. The molecular weight excluding hydrogens is 198 g/mol. The second-order valence-corrected chi connectivity index (χ2v) is 2.46. The minimum absolute atomic E-state index is 0.0816. The molecule has 56 valence electrons. The second-order valence-electron chi connectivity index (χ2n) is 1.89. The zero-order chi connectivity index (χ0) is 7.56. The fourth-order valence-electron chi connectivity index (χ4n) is 0.740. The van der Waals surface area contributed by atoms with Crippen molar-refractivity contribution in [2.45, 2.75) is 18.9 Å². The number of aliphatic hydroxyl groups is 1. The van der Waals surface area contributed by atoms with Crippen LogP contribution in [0.3, 0.4) is 0 Å². The number of hydrogen-bond donors (Lipinski definition) is 1. The highest BCUT2D eigenvalue weighted by Crippen LogP contribution is 2.12. The van der Waals surface area contributed by atoms with Gasteiger partial charge < -0.3 is 9.52 Å². The number of aryl methyl sites for hydroxylation is 1. The van der Waals surface area contributed by atoms with Gasteiger partial charge in [-0.25, -0.2) is 4.98 Å². The molecule has 0 atom stereocenters. The maximum atomic E-state index is 8.71. The number of oxazole rings is 1. The zero-order valence-electron chi connectivity index (χ0n) is 5.59. The maximum absolute atomic E-state index is 8.71. The van der Waals surface area contributed by atoms with Crippen LogP contribution in [0.5, 0.6) is 0 Å². The molecule has 0 aliphatic heterocycles. The van der Waals surface area contributed by atoms with Gasteiger partial charge in [0.25, 0.3) is 0 Å². The molecule has 1 heterocycles. The van der Waals surface area contributed by atoms with Gasteiger partial charge in [0.2, 0.25) is 0 Å². The largest absolute Gasteiger partial charge is 0.443 e. The van der Waals surface area contributed by atoms with Gasteiger partial charge in [-0.2, -0.15) is 0 Å². The molecule has 0 aliphatic carbocycles. The summed E-state index contributed by atoms with van der Waals surface area (Å²) in [5, 5.41) is 9.33. The summed E-state index contributed by atoms with van der Waals surface area (Å²) in [4.78, 5) is 4.03. The van der Waals surface area contributed by atoms with Crippen molar-refractivity contribution in [2.24, 2.45) is 0 Å². The highest BCUT2D eigenvalue weighted by Gasteiger charge is 2.06. The van der Waals surface area contributed by atoms with E-state index in [1.54, 1.807) is 6.92 Å². The van der Waals surface area contributed by atoms with E-state index >= 15 is 0 Å². The van der Waals surface area contributed by atoms with E-state index in [1.165, 1.54) is 0 Å². The Hall–Kier alpha value is -0.350. The molecule has 10 heavy (non-hydrogen) atoms. The van der Waals surface area contributed by atoms with Gasteiger partial charge in [0.1, 0.15) is 6.61 Å². The normalized spacial score (nSPS) is 10.3. The Labute approximate surface area is 67.2 Å². The van der Waals surface area contributed by atoms with E-state index in [-0.39, 0.29) is 6.61 Å². The Bertz CT molecular complexity index is 200. The lowest BCUT2D eigenvalue weighted by Crippen LogP contribution is -1.85. The number of nitrogens with zero attached hydrogens (tertiary/aromatic N) is 1. The summed E-state index contributed by atoms with van der Waals surface area (Å²) in [6.45, 7) is 1.67. The van der Waals surface area contributed by atoms with Crippen molar-refractivity contribution < 1.29 is 9.52 Å². The zero-order valence-corrected chi connectivity index (χ0v) is 7.18. The quantitative estimate of drug-likeness (QED) is 0.743. The van der Waals surface area contributed by atoms with Crippen molar-refractivity contribution in [3.05, 3.63) is 17.3 Å². The van der Waals surface area contributed by atoms with Crippen LogP contribution in [0.4, 0.5) is 0 Å². The van der Waals surface area contributed by atoms with Gasteiger partial charge in [0.05, 0.1) is 5.69 Å². The fraction of sp³-hybridized carbons (Fsp3) is 0.500. The van der Waals surface area contributed by atoms with Crippen LogP contribution in [0.25, 0.3) is 0 Å². The van der Waals surface area contributed by atoms with E-state index in [0.29, 0.717) is 17.0 Å².